The van der Waals surface area contributed by atoms with Gasteiger partial charge in [0, 0.05) is 5.02 Å². The van der Waals surface area contributed by atoms with Crippen molar-refractivity contribution in [3.63, 3.8) is 0 Å². The molecule has 1 aromatic rings. The van der Waals surface area contributed by atoms with Crippen molar-refractivity contribution in [2.45, 2.75) is 37.1 Å². The van der Waals surface area contributed by atoms with Gasteiger partial charge in [-0.25, -0.2) is 0 Å². The number of alkyl halides is 2. The number of hydrogen-bond acceptors (Lipinski definition) is 1. The number of amides is 1. The molecule has 0 spiro atoms. The van der Waals surface area contributed by atoms with Crippen molar-refractivity contribution in [1.29, 1.82) is 0 Å². The lowest BCUT2D eigenvalue weighted by molar-refractivity contribution is -0.126. The average molecular weight is 321 g/mol. The van der Waals surface area contributed by atoms with Crippen LogP contribution in [0, 0.1) is 5.41 Å². The monoisotopic (exact) mass is 319 g/mol. The molecule has 19 heavy (non-hydrogen) atoms. The predicted molar refractivity (Wildman–Crippen MR) is 79.8 cm³/mol. The van der Waals surface area contributed by atoms with Gasteiger partial charge in [-0.1, -0.05) is 30.7 Å². The third-order valence-electron chi connectivity index (χ3n) is 3.74. The van der Waals surface area contributed by atoms with Crippen molar-refractivity contribution in [3.05, 3.63) is 34.9 Å². The van der Waals surface area contributed by atoms with Gasteiger partial charge in [0.05, 0.1) is 11.5 Å². The Labute approximate surface area is 128 Å². The van der Waals surface area contributed by atoms with E-state index in [0.29, 0.717) is 11.4 Å². The molecule has 1 aliphatic rings. The third-order valence-corrected chi connectivity index (χ3v) is 5.10. The lowest BCUT2D eigenvalue weighted by atomic mass is 10.0. The van der Waals surface area contributed by atoms with Crippen LogP contribution in [-0.4, -0.2) is 10.2 Å². The maximum atomic E-state index is 12.2. The molecule has 2 atom stereocenters. The van der Waals surface area contributed by atoms with Crippen LogP contribution in [0.2, 0.25) is 5.02 Å². The van der Waals surface area contributed by atoms with Crippen molar-refractivity contribution in [2.75, 3.05) is 0 Å². The number of halogens is 3. The van der Waals surface area contributed by atoms with Crippen molar-refractivity contribution >= 4 is 40.7 Å². The standard InChI is InChI=1S/C14H16Cl3NO/c1-3-11(9-4-6-10(15)7-5-9)18-12(19)13(2)8-14(13,16)17/h4-7,11H,3,8H2,1-2H3,(H,18,19). The lowest BCUT2D eigenvalue weighted by Gasteiger charge is -2.21. The first-order chi connectivity index (χ1) is 8.80. The molecule has 1 saturated carbocycles. The van der Waals surface area contributed by atoms with E-state index in [2.05, 4.69) is 5.32 Å². The predicted octanol–water partition coefficient (Wildman–Crippen LogP) is 4.49. The molecule has 1 aromatic carbocycles. The molecular weight excluding hydrogens is 305 g/mol. The highest BCUT2D eigenvalue weighted by Gasteiger charge is 2.68. The van der Waals surface area contributed by atoms with Crippen molar-refractivity contribution in [1.82, 2.24) is 5.32 Å². The first-order valence-electron chi connectivity index (χ1n) is 6.24. The van der Waals surface area contributed by atoms with Crippen LogP contribution in [0.15, 0.2) is 24.3 Å². The smallest absolute Gasteiger partial charge is 0.229 e. The summed E-state index contributed by atoms with van der Waals surface area (Å²) in [6, 6.07) is 7.42. The van der Waals surface area contributed by atoms with Crippen LogP contribution in [0.4, 0.5) is 0 Å². The summed E-state index contributed by atoms with van der Waals surface area (Å²) in [7, 11) is 0. The van der Waals surface area contributed by atoms with Crippen LogP contribution >= 0.6 is 34.8 Å². The topological polar surface area (TPSA) is 29.1 Å². The van der Waals surface area contributed by atoms with E-state index in [4.69, 9.17) is 34.8 Å². The van der Waals surface area contributed by atoms with E-state index >= 15 is 0 Å². The fourth-order valence-corrected chi connectivity index (χ4v) is 2.91. The second-order valence-corrected chi connectivity index (χ2v) is 7.12. The lowest BCUT2D eigenvalue weighted by Crippen LogP contribution is -2.36. The minimum absolute atomic E-state index is 0.0497. The normalized spacial score (nSPS) is 25.7. The van der Waals surface area contributed by atoms with E-state index in [1.165, 1.54) is 0 Å². The van der Waals surface area contributed by atoms with E-state index in [-0.39, 0.29) is 11.9 Å². The molecule has 104 valence electrons. The molecule has 2 rings (SSSR count). The zero-order valence-electron chi connectivity index (χ0n) is 10.8. The van der Waals surface area contributed by atoms with Gasteiger partial charge in [-0.2, -0.15) is 0 Å². The summed E-state index contributed by atoms with van der Waals surface area (Å²) in [6.07, 6.45) is 1.28. The molecule has 0 aromatic heterocycles. The first-order valence-corrected chi connectivity index (χ1v) is 7.38. The Morgan fingerprint density at radius 1 is 1.37 bits per heavy atom. The van der Waals surface area contributed by atoms with Crippen LogP contribution in [0.25, 0.3) is 0 Å². The van der Waals surface area contributed by atoms with Crippen molar-refractivity contribution < 1.29 is 4.79 Å². The van der Waals surface area contributed by atoms with Crippen LogP contribution in [0.3, 0.4) is 0 Å². The van der Waals surface area contributed by atoms with Gasteiger partial charge in [0.15, 0.2) is 0 Å². The highest BCUT2D eigenvalue weighted by molar-refractivity contribution is 6.53. The molecular formula is C14H16Cl3NO. The number of nitrogens with one attached hydrogen (secondary N) is 1. The Hall–Kier alpha value is -0.440. The summed E-state index contributed by atoms with van der Waals surface area (Å²) in [4.78, 5) is 12.2. The molecule has 1 fully saturated rings. The number of carbonyl (C=O) groups excluding carboxylic acids is 1. The highest BCUT2D eigenvalue weighted by Crippen LogP contribution is 2.63. The van der Waals surface area contributed by atoms with Gasteiger partial charge in [0.1, 0.15) is 4.33 Å². The molecule has 0 aliphatic heterocycles. The van der Waals surface area contributed by atoms with Crippen LogP contribution < -0.4 is 5.32 Å². The highest BCUT2D eigenvalue weighted by atomic mass is 35.5. The largest absolute Gasteiger partial charge is 0.349 e. The number of hydrogen-bond donors (Lipinski definition) is 1. The molecule has 0 bridgehead atoms. The van der Waals surface area contributed by atoms with Gasteiger partial charge in [0.25, 0.3) is 0 Å². The summed E-state index contributed by atoms with van der Waals surface area (Å²) in [5, 5.41) is 3.69. The molecule has 2 unspecified atom stereocenters. The Morgan fingerprint density at radius 3 is 2.32 bits per heavy atom. The zero-order valence-corrected chi connectivity index (χ0v) is 13.1. The second kappa shape index (κ2) is 5.16. The summed E-state index contributed by atoms with van der Waals surface area (Å²) >= 11 is 17.9. The molecule has 0 saturated heterocycles. The van der Waals surface area contributed by atoms with Crippen molar-refractivity contribution in [3.8, 4) is 0 Å². The quantitative estimate of drug-likeness (QED) is 0.814. The minimum atomic E-state index is -0.935. The Morgan fingerprint density at radius 2 is 1.89 bits per heavy atom. The van der Waals surface area contributed by atoms with Gasteiger partial charge in [-0.15, -0.1) is 23.2 Å². The van der Waals surface area contributed by atoms with Crippen LogP contribution in [0.5, 0.6) is 0 Å². The zero-order chi connectivity index (χ0) is 14.3. The Balaban J connectivity index is 2.08. The van der Waals surface area contributed by atoms with E-state index < -0.39 is 9.75 Å². The van der Waals surface area contributed by atoms with Gasteiger partial charge < -0.3 is 5.32 Å². The van der Waals surface area contributed by atoms with Gasteiger partial charge in [0.2, 0.25) is 5.91 Å². The fraction of sp³-hybridized carbons (Fsp3) is 0.500. The Kier molecular flexibility index (Phi) is 4.06. The number of carbonyl (C=O) groups is 1. The molecule has 2 nitrogen and oxygen atoms in total. The molecule has 5 heteroatoms. The molecule has 1 aliphatic carbocycles. The second-order valence-electron chi connectivity index (χ2n) is 5.20. The van der Waals surface area contributed by atoms with E-state index in [1.807, 2.05) is 31.2 Å². The molecule has 0 heterocycles. The third kappa shape index (κ3) is 2.86. The van der Waals surface area contributed by atoms with Gasteiger partial charge >= 0.3 is 0 Å². The molecule has 0 radical (unpaired) electrons. The van der Waals surface area contributed by atoms with E-state index in [0.717, 1.165) is 12.0 Å². The summed E-state index contributed by atoms with van der Waals surface area (Å²) < 4.78 is -0.935. The minimum Gasteiger partial charge on any atom is -0.349 e. The van der Waals surface area contributed by atoms with Gasteiger partial charge in [-0.05, 0) is 37.5 Å². The van der Waals surface area contributed by atoms with E-state index in [9.17, 15) is 4.79 Å². The number of benzene rings is 1. The summed E-state index contributed by atoms with van der Waals surface area (Å²) in [6.45, 7) is 3.81. The fourth-order valence-electron chi connectivity index (χ4n) is 2.08. The molecule has 1 amide bonds. The maximum Gasteiger partial charge on any atom is 0.229 e. The number of rotatable bonds is 4. The van der Waals surface area contributed by atoms with Crippen LogP contribution in [0.1, 0.15) is 38.3 Å². The molecule has 1 N–H and O–H groups in total. The summed E-state index contributed by atoms with van der Waals surface area (Å²) in [5.41, 5.74) is 0.343. The average Bonchev–Trinajstić information content (AvgIpc) is 2.88. The summed E-state index contributed by atoms with van der Waals surface area (Å²) in [5.74, 6) is -0.0979. The maximum absolute atomic E-state index is 12.2. The van der Waals surface area contributed by atoms with E-state index in [1.54, 1.807) is 6.92 Å². The van der Waals surface area contributed by atoms with Crippen LogP contribution in [-0.2, 0) is 4.79 Å². The Bertz CT molecular complexity index is 486. The van der Waals surface area contributed by atoms with Gasteiger partial charge in [-0.3, -0.25) is 4.79 Å². The first kappa shape index (κ1) is 15.0. The SMILES string of the molecule is CCC(NC(=O)C1(C)CC1(Cl)Cl)c1ccc(Cl)cc1. The van der Waals surface area contributed by atoms with Crippen molar-refractivity contribution in [2.24, 2.45) is 5.41 Å².